The molecule has 0 aliphatic carbocycles. The van der Waals surface area contributed by atoms with E-state index in [-0.39, 0.29) is 18.2 Å². The number of carbonyl (C=O) groups is 1. The summed E-state index contributed by atoms with van der Waals surface area (Å²) in [6, 6.07) is 1.90. The van der Waals surface area contributed by atoms with Crippen LogP contribution >= 0.6 is 23.7 Å². The minimum Gasteiger partial charge on any atom is -0.379 e. The van der Waals surface area contributed by atoms with Gasteiger partial charge in [-0.15, -0.1) is 12.4 Å². The maximum Gasteiger partial charge on any atom is 0.164 e. The van der Waals surface area contributed by atoms with Gasteiger partial charge in [0.25, 0.3) is 0 Å². The Balaban J connectivity index is 0.00000128. The molecule has 0 atom stereocenters. The van der Waals surface area contributed by atoms with Gasteiger partial charge in [-0.3, -0.25) is 9.69 Å². The lowest BCUT2D eigenvalue weighted by atomic mass is 10.1. The van der Waals surface area contributed by atoms with Crippen molar-refractivity contribution in [3.63, 3.8) is 0 Å². The standard InChI is InChI=1S/C11H15NO2S.ClH/c13-11(10-2-8-15-9-10)1-3-12-4-6-14-7-5-12;/h2,8-9H,1,3-7H2;1H. The van der Waals surface area contributed by atoms with E-state index in [2.05, 4.69) is 4.90 Å². The molecular weight excluding hydrogens is 246 g/mol. The molecule has 0 saturated carbocycles. The highest BCUT2D eigenvalue weighted by molar-refractivity contribution is 7.08. The third kappa shape index (κ3) is 3.87. The molecule has 2 rings (SSSR count). The summed E-state index contributed by atoms with van der Waals surface area (Å²) in [6.45, 7) is 4.37. The number of carbonyl (C=O) groups excluding carboxylic acids is 1. The van der Waals surface area contributed by atoms with Crippen molar-refractivity contribution < 1.29 is 9.53 Å². The van der Waals surface area contributed by atoms with Gasteiger partial charge in [-0.05, 0) is 11.4 Å². The van der Waals surface area contributed by atoms with Crippen LogP contribution < -0.4 is 0 Å². The van der Waals surface area contributed by atoms with Crippen molar-refractivity contribution >= 4 is 29.5 Å². The molecule has 0 radical (unpaired) electrons. The zero-order valence-corrected chi connectivity index (χ0v) is 10.7. The molecular formula is C11H16ClNO2S. The van der Waals surface area contributed by atoms with Crippen molar-refractivity contribution in [1.82, 2.24) is 4.90 Å². The maximum absolute atomic E-state index is 11.7. The molecule has 0 spiro atoms. The second kappa shape index (κ2) is 7.01. The van der Waals surface area contributed by atoms with Crippen LogP contribution in [0, 0.1) is 0 Å². The summed E-state index contributed by atoms with van der Waals surface area (Å²) in [7, 11) is 0. The summed E-state index contributed by atoms with van der Waals surface area (Å²) in [4.78, 5) is 14.0. The van der Waals surface area contributed by atoms with Gasteiger partial charge in [-0.25, -0.2) is 0 Å². The van der Waals surface area contributed by atoms with Gasteiger partial charge in [0.05, 0.1) is 13.2 Å². The zero-order chi connectivity index (χ0) is 10.5. The predicted molar refractivity (Wildman–Crippen MR) is 67.8 cm³/mol. The summed E-state index contributed by atoms with van der Waals surface area (Å²) in [6.07, 6.45) is 0.622. The molecule has 2 heterocycles. The summed E-state index contributed by atoms with van der Waals surface area (Å²) in [5, 5.41) is 3.86. The maximum atomic E-state index is 11.7. The lowest BCUT2D eigenvalue weighted by Gasteiger charge is -2.26. The Kier molecular flexibility index (Phi) is 5.98. The van der Waals surface area contributed by atoms with E-state index in [0.29, 0.717) is 6.42 Å². The third-order valence-electron chi connectivity index (χ3n) is 2.60. The Bertz CT molecular complexity index is 310. The van der Waals surface area contributed by atoms with Gasteiger partial charge in [0, 0.05) is 37.0 Å². The van der Waals surface area contributed by atoms with Gasteiger partial charge in [0.2, 0.25) is 0 Å². The van der Waals surface area contributed by atoms with Crippen molar-refractivity contribution in [2.24, 2.45) is 0 Å². The average Bonchev–Trinajstić information content (AvgIpc) is 2.81. The smallest absolute Gasteiger partial charge is 0.164 e. The number of thiophene rings is 1. The van der Waals surface area contributed by atoms with Crippen LogP contribution in [0.1, 0.15) is 16.8 Å². The van der Waals surface area contributed by atoms with Crippen LogP contribution in [0.4, 0.5) is 0 Å². The molecule has 0 amide bonds. The number of ketones is 1. The fourth-order valence-corrected chi connectivity index (χ4v) is 2.31. The van der Waals surface area contributed by atoms with E-state index in [1.54, 1.807) is 11.3 Å². The molecule has 1 fully saturated rings. The quantitative estimate of drug-likeness (QED) is 0.778. The molecule has 0 N–H and O–H groups in total. The minimum atomic E-state index is 0. The first-order valence-electron chi connectivity index (χ1n) is 5.22. The van der Waals surface area contributed by atoms with E-state index in [0.717, 1.165) is 38.4 Å². The highest BCUT2D eigenvalue weighted by atomic mass is 35.5. The topological polar surface area (TPSA) is 29.5 Å². The van der Waals surface area contributed by atoms with Gasteiger partial charge >= 0.3 is 0 Å². The van der Waals surface area contributed by atoms with E-state index in [9.17, 15) is 4.79 Å². The second-order valence-corrected chi connectivity index (χ2v) is 4.42. The summed E-state index contributed by atoms with van der Waals surface area (Å²) in [5.74, 6) is 0.253. The molecule has 1 aliphatic rings. The van der Waals surface area contributed by atoms with E-state index < -0.39 is 0 Å². The molecule has 3 nitrogen and oxygen atoms in total. The Labute approximate surface area is 106 Å². The minimum absolute atomic E-state index is 0. The fourth-order valence-electron chi connectivity index (χ4n) is 1.65. The Morgan fingerprint density at radius 1 is 1.44 bits per heavy atom. The molecule has 0 bridgehead atoms. The third-order valence-corrected chi connectivity index (χ3v) is 3.29. The monoisotopic (exact) mass is 261 g/mol. The van der Waals surface area contributed by atoms with Crippen molar-refractivity contribution in [2.45, 2.75) is 6.42 Å². The van der Waals surface area contributed by atoms with Crippen LogP contribution in [0.3, 0.4) is 0 Å². The van der Waals surface area contributed by atoms with Crippen LogP contribution in [0.5, 0.6) is 0 Å². The zero-order valence-electron chi connectivity index (χ0n) is 9.05. The number of hydrogen-bond acceptors (Lipinski definition) is 4. The number of rotatable bonds is 4. The fraction of sp³-hybridized carbons (Fsp3) is 0.545. The lowest BCUT2D eigenvalue weighted by Crippen LogP contribution is -2.37. The summed E-state index contributed by atoms with van der Waals surface area (Å²) < 4.78 is 5.25. The van der Waals surface area contributed by atoms with Crippen LogP contribution in [0.15, 0.2) is 16.8 Å². The molecule has 1 aromatic rings. The number of hydrogen-bond donors (Lipinski definition) is 0. The number of nitrogens with zero attached hydrogens (tertiary/aromatic N) is 1. The van der Waals surface area contributed by atoms with Crippen molar-refractivity contribution in [2.75, 3.05) is 32.8 Å². The molecule has 0 aromatic carbocycles. The van der Waals surface area contributed by atoms with E-state index in [4.69, 9.17) is 4.74 Å². The number of halogens is 1. The van der Waals surface area contributed by atoms with E-state index >= 15 is 0 Å². The van der Waals surface area contributed by atoms with Gasteiger partial charge < -0.3 is 4.74 Å². The van der Waals surface area contributed by atoms with E-state index in [1.165, 1.54) is 0 Å². The van der Waals surface area contributed by atoms with Crippen molar-refractivity contribution in [3.8, 4) is 0 Å². The molecule has 5 heteroatoms. The first kappa shape index (κ1) is 13.6. The van der Waals surface area contributed by atoms with Crippen LogP contribution in [0.25, 0.3) is 0 Å². The second-order valence-electron chi connectivity index (χ2n) is 3.64. The van der Waals surface area contributed by atoms with Gasteiger partial charge in [-0.1, -0.05) is 0 Å². The largest absolute Gasteiger partial charge is 0.379 e. The predicted octanol–water partition coefficient (Wildman–Crippen LogP) is 2.07. The van der Waals surface area contributed by atoms with Crippen LogP contribution in [-0.4, -0.2) is 43.5 Å². The van der Waals surface area contributed by atoms with Crippen molar-refractivity contribution in [3.05, 3.63) is 22.4 Å². The van der Waals surface area contributed by atoms with Gasteiger partial charge in [0.15, 0.2) is 5.78 Å². The van der Waals surface area contributed by atoms with Gasteiger partial charge in [0.1, 0.15) is 0 Å². The Morgan fingerprint density at radius 3 is 2.81 bits per heavy atom. The molecule has 1 aromatic heterocycles. The first-order valence-corrected chi connectivity index (χ1v) is 6.16. The lowest BCUT2D eigenvalue weighted by molar-refractivity contribution is 0.0370. The normalized spacial score (nSPS) is 16.8. The SMILES string of the molecule is Cl.O=C(CCN1CCOCC1)c1ccsc1. The van der Waals surface area contributed by atoms with Gasteiger partial charge in [-0.2, -0.15) is 11.3 Å². The highest BCUT2D eigenvalue weighted by Gasteiger charge is 2.12. The Morgan fingerprint density at radius 2 is 2.19 bits per heavy atom. The molecule has 1 saturated heterocycles. The van der Waals surface area contributed by atoms with Crippen LogP contribution in [-0.2, 0) is 4.74 Å². The molecule has 1 aliphatic heterocycles. The molecule has 0 unspecified atom stereocenters. The first-order chi connectivity index (χ1) is 7.36. The average molecular weight is 262 g/mol. The Hall–Kier alpha value is -0.420. The number of morpholine rings is 1. The number of ether oxygens (including phenoxy) is 1. The van der Waals surface area contributed by atoms with Crippen LogP contribution in [0.2, 0.25) is 0 Å². The van der Waals surface area contributed by atoms with Crippen molar-refractivity contribution in [1.29, 1.82) is 0 Å². The molecule has 16 heavy (non-hydrogen) atoms. The highest BCUT2D eigenvalue weighted by Crippen LogP contribution is 2.09. The van der Waals surface area contributed by atoms with E-state index in [1.807, 2.05) is 16.8 Å². The number of Topliss-reactive ketones (excluding diaryl/α,β-unsaturated/α-hetero) is 1. The summed E-state index contributed by atoms with van der Waals surface area (Å²) >= 11 is 1.57. The summed E-state index contributed by atoms with van der Waals surface area (Å²) in [5.41, 5.74) is 0.855. The molecule has 90 valence electrons.